The Morgan fingerprint density at radius 2 is 1.63 bits per heavy atom. The molecule has 0 radical (unpaired) electrons. The maximum atomic E-state index is 13.0. The summed E-state index contributed by atoms with van der Waals surface area (Å²) in [5.41, 5.74) is 1.26. The second-order valence-corrected chi connectivity index (χ2v) is 9.88. The molecule has 2 aromatic rings. The van der Waals surface area contributed by atoms with Gasteiger partial charge in [-0.3, -0.25) is 19.3 Å². The number of amides is 3. The molecule has 3 atom stereocenters. The molecule has 9 heteroatoms. The third-order valence-electron chi connectivity index (χ3n) is 7.00. The van der Waals surface area contributed by atoms with Crippen molar-refractivity contribution in [1.82, 2.24) is 0 Å². The van der Waals surface area contributed by atoms with Crippen LogP contribution in [-0.2, 0) is 23.9 Å². The van der Waals surface area contributed by atoms with Crippen molar-refractivity contribution < 1.29 is 33.4 Å². The molecule has 4 rings (SSSR count). The van der Waals surface area contributed by atoms with Crippen LogP contribution >= 0.6 is 0 Å². The van der Waals surface area contributed by atoms with Gasteiger partial charge in [-0.25, -0.2) is 9.59 Å². The number of benzene rings is 2. The molecule has 0 aromatic heterocycles. The van der Waals surface area contributed by atoms with Gasteiger partial charge in [0, 0.05) is 5.69 Å². The highest BCUT2D eigenvalue weighted by Crippen LogP contribution is 2.42. The van der Waals surface area contributed by atoms with Gasteiger partial charge in [-0.05, 0) is 74.1 Å². The summed E-state index contributed by atoms with van der Waals surface area (Å²) in [5.74, 6) is -2.42. The van der Waals surface area contributed by atoms with E-state index in [1.54, 1.807) is 36.4 Å². The Morgan fingerprint density at radius 1 is 0.921 bits per heavy atom. The number of carbonyl (C=O) groups excluding carboxylic acids is 5. The van der Waals surface area contributed by atoms with Crippen LogP contribution in [0.25, 0.3) is 0 Å². The van der Waals surface area contributed by atoms with Crippen LogP contribution in [0.15, 0.2) is 48.5 Å². The van der Waals surface area contributed by atoms with E-state index in [9.17, 15) is 24.0 Å². The molecule has 1 aliphatic heterocycles. The van der Waals surface area contributed by atoms with Crippen molar-refractivity contribution in [2.24, 2.45) is 17.8 Å². The van der Waals surface area contributed by atoms with E-state index >= 15 is 0 Å². The minimum atomic E-state index is -0.752. The SMILES string of the molecule is CCCCOC(=O)c1ccc(NC(=O)COC(=O)c2cccc(N3C(=O)[C@@H]4CC[C@@H](C)C[C@H]4C3=O)c2)cc1. The molecular formula is C29H32N2O7. The number of unbranched alkanes of at least 4 members (excludes halogenated alkanes) is 1. The van der Waals surface area contributed by atoms with Crippen molar-refractivity contribution >= 4 is 41.0 Å². The lowest BCUT2D eigenvalue weighted by Gasteiger charge is -2.25. The van der Waals surface area contributed by atoms with Crippen molar-refractivity contribution in [1.29, 1.82) is 0 Å². The normalized spacial score (nSPS) is 20.6. The Balaban J connectivity index is 1.31. The van der Waals surface area contributed by atoms with E-state index in [1.807, 2.05) is 6.92 Å². The van der Waals surface area contributed by atoms with Gasteiger partial charge in [0.1, 0.15) is 0 Å². The lowest BCUT2D eigenvalue weighted by molar-refractivity contribution is -0.122. The van der Waals surface area contributed by atoms with Crippen LogP contribution in [0.5, 0.6) is 0 Å². The molecule has 1 N–H and O–H groups in total. The number of esters is 2. The Morgan fingerprint density at radius 3 is 2.37 bits per heavy atom. The van der Waals surface area contributed by atoms with Gasteiger partial charge in [0.15, 0.2) is 6.61 Å². The Hall–Kier alpha value is -4.01. The van der Waals surface area contributed by atoms with Gasteiger partial charge in [-0.2, -0.15) is 0 Å². The second-order valence-electron chi connectivity index (χ2n) is 9.88. The summed E-state index contributed by atoms with van der Waals surface area (Å²) in [4.78, 5) is 64.0. The maximum absolute atomic E-state index is 13.0. The molecule has 9 nitrogen and oxygen atoms in total. The van der Waals surface area contributed by atoms with Gasteiger partial charge in [-0.1, -0.05) is 26.3 Å². The number of anilines is 2. The minimum absolute atomic E-state index is 0.130. The Bertz CT molecular complexity index is 1220. The molecule has 38 heavy (non-hydrogen) atoms. The van der Waals surface area contributed by atoms with Crippen molar-refractivity contribution in [3.05, 3.63) is 59.7 Å². The number of hydrogen-bond donors (Lipinski definition) is 1. The third-order valence-corrected chi connectivity index (χ3v) is 7.00. The number of carbonyl (C=O) groups is 5. The fourth-order valence-corrected chi connectivity index (χ4v) is 4.91. The molecule has 0 unspecified atom stereocenters. The summed E-state index contributed by atoms with van der Waals surface area (Å²) in [7, 11) is 0. The highest BCUT2D eigenvalue weighted by Gasteiger charge is 2.50. The first kappa shape index (κ1) is 27.0. The Kier molecular flexibility index (Phi) is 8.55. The predicted octanol–water partition coefficient (Wildman–Crippen LogP) is 4.36. The van der Waals surface area contributed by atoms with E-state index in [1.165, 1.54) is 17.0 Å². The highest BCUT2D eigenvalue weighted by atomic mass is 16.5. The molecule has 1 heterocycles. The lowest BCUT2D eigenvalue weighted by Crippen LogP contribution is -2.31. The average Bonchev–Trinajstić information content (AvgIpc) is 3.16. The summed E-state index contributed by atoms with van der Waals surface area (Å²) in [6, 6.07) is 12.3. The molecule has 2 aromatic carbocycles. The van der Waals surface area contributed by atoms with E-state index in [0.29, 0.717) is 42.3 Å². The van der Waals surface area contributed by atoms with Crippen LogP contribution in [0.3, 0.4) is 0 Å². The molecule has 0 bridgehead atoms. The molecule has 200 valence electrons. The summed E-state index contributed by atoms with van der Waals surface area (Å²) < 4.78 is 10.3. The van der Waals surface area contributed by atoms with Gasteiger partial charge >= 0.3 is 11.9 Å². The van der Waals surface area contributed by atoms with E-state index in [2.05, 4.69) is 12.2 Å². The highest BCUT2D eigenvalue weighted by molar-refractivity contribution is 6.22. The molecule has 2 aliphatic rings. The quantitative estimate of drug-likeness (QED) is 0.296. The van der Waals surface area contributed by atoms with E-state index in [4.69, 9.17) is 9.47 Å². The number of rotatable bonds is 9. The van der Waals surface area contributed by atoms with Gasteiger partial charge in [0.25, 0.3) is 5.91 Å². The number of nitrogens with zero attached hydrogens (tertiary/aromatic N) is 1. The first-order valence-electron chi connectivity index (χ1n) is 13.0. The third kappa shape index (κ3) is 6.10. The van der Waals surface area contributed by atoms with Crippen LogP contribution in [0.1, 0.15) is 66.7 Å². The summed E-state index contributed by atoms with van der Waals surface area (Å²) in [6.45, 7) is 3.91. The van der Waals surface area contributed by atoms with E-state index < -0.39 is 24.5 Å². The van der Waals surface area contributed by atoms with Crippen molar-refractivity contribution in [3.8, 4) is 0 Å². The number of hydrogen-bond acceptors (Lipinski definition) is 7. The second kappa shape index (κ2) is 12.0. The zero-order valence-electron chi connectivity index (χ0n) is 21.6. The monoisotopic (exact) mass is 520 g/mol. The summed E-state index contributed by atoms with van der Waals surface area (Å²) in [5, 5.41) is 2.60. The largest absolute Gasteiger partial charge is 0.462 e. The first-order valence-corrected chi connectivity index (χ1v) is 13.0. The van der Waals surface area contributed by atoms with Gasteiger partial charge < -0.3 is 14.8 Å². The van der Waals surface area contributed by atoms with Crippen molar-refractivity contribution in [2.75, 3.05) is 23.4 Å². The molecular weight excluding hydrogens is 488 g/mol. The topological polar surface area (TPSA) is 119 Å². The molecule has 3 amide bonds. The van der Waals surface area contributed by atoms with Gasteiger partial charge in [0.05, 0.1) is 35.3 Å². The van der Waals surface area contributed by atoms with Gasteiger partial charge in [-0.15, -0.1) is 0 Å². The summed E-state index contributed by atoms with van der Waals surface area (Å²) in [6.07, 6.45) is 4.01. The van der Waals surface area contributed by atoms with Crippen LogP contribution in [0, 0.1) is 17.8 Å². The fraction of sp³-hybridized carbons (Fsp3) is 0.414. The zero-order valence-corrected chi connectivity index (χ0v) is 21.6. The minimum Gasteiger partial charge on any atom is -0.462 e. The Labute approximate surface area is 221 Å². The number of fused-ring (bicyclic) bond motifs is 1. The van der Waals surface area contributed by atoms with E-state index in [-0.39, 0.29) is 29.2 Å². The molecule has 0 spiro atoms. The molecule has 2 fully saturated rings. The number of ether oxygens (including phenoxy) is 2. The van der Waals surface area contributed by atoms with Gasteiger partial charge in [0.2, 0.25) is 11.8 Å². The zero-order chi connectivity index (χ0) is 27.2. The predicted molar refractivity (Wildman–Crippen MR) is 139 cm³/mol. The first-order chi connectivity index (χ1) is 18.3. The van der Waals surface area contributed by atoms with Crippen molar-refractivity contribution in [3.63, 3.8) is 0 Å². The fourth-order valence-electron chi connectivity index (χ4n) is 4.91. The smallest absolute Gasteiger partial charge is 0.338 e. The number of imide groups is 1. The van der Waals surface area contributed by atoms with Crippen molar-refractivity contribution in [2.45, 2.75) is 46.0 Å². The van der Waals surface area contributed by atoms with Crippen LogP contribution in [0.2, 0.25) is 0 Å². The molecule has 1 saturated carbocycles. The maximum Gasteiger partial charge on any atom is 0.338 e. The molecule has 1 saturated heterocycles. The lowest BCUT2D eigenvalue weighted by atomic mass is 9.76. The standard InChI is InChI=1S/C29H32N2O7/c1-3-4-14-37-28(35)19-9-11-21(12-10-19)30-25(32)17-38-29(36)20-6-5-7-22(16-20)31-26(33)23-13-8-18(2)15-24(23)27(31)34/h5-7,9-12,16,18,23-24H,3-4,8,13-15,17H2,1-2H3,(H,30,32)/t18-,23-,24-/m1/s1. The molecule has 1 aliphatic carbocycles. The van der Waals surface area contributed by atoms with Crippen LogP contribution in [-0.4, -0.2) is 42.9 Å². The average molecular weight is 521 g/mol. The summed E-state index contributed by atoms with van der Waals surface area (Å²) >= 11 is 0. The van der Waals surface area contributed by atoms with Crippen LogP contribution in [0.4, 0.5) is 11.4 Å². The number of nitrogens with one attached hydrogen (secondary N) is 1. The van der Waals surface area contributed by atoms with Crippen LogP contribution < -0.4 is 10.2 Å². The van der Waals surface area contributed by atoms with E-state index in [0.717, 1.165) is 19.3 Å².